The van der Waals surface area contributed by atoms with Gasteiger partial charge in [0, 0.05) is 12.3 Å². The zero-order valence-corrected chi connectivity index (χ0v) is 23.3. The second kappa shape index (κ2) is 13.8. The van der Waals surface area contributed by atoms with Gasteiger partial charge in [-0.15, -0.1) is 0 Å². The van der Waals surface area contributed by atoms with Gasteiger partial charge in [0.05, 0.1) is 25.6 Å². The summed E-state index contributed by atoms with van der Waals surface area (Å²) in [4.78, 5) is 13.0. The first kappa shape index (κ1) is 29.1. The Kier molecular flexibility index (Phi) is 11.2. The highest BCUT2D eigenvalue weighted by atomic mass is 32.2. The predicted octanol–water partition coefficient (Wildman–Crippen LogP) is 6.61. The molecule has 36 heavy (non-hydrogen) atoms. The molecule has 1 aliphatic rings. The Morgan fingerprint density at radius 3 is 2.39 bits per heavy atom. The number of carbonyl (C=O) groups excluding carboxylic acids is 1. The first-order valence-corrected chi connectivity index (χ1v) is 12.9. The van der Waals surface area contributed by atoms with Crippen molar-refractivity contribution < 1.29 is 18.7 Å². The minimum Gasteiger partial charge on any atom is -0.493 e. The summed E-state index contributed by atoms with van der Waals surface area (Å²) in [7, 11) is 4.89. The van der Waals surface area contributed by atoms with Crippen molar-refractivity contribution in [3.05, 3.63) is 76.5 Å². The number of methoxy groups -OCH3 is 2. The fourth-order valence-corrected chi connectivity index (χ4v) is 4.62. The van der Waals surface area contributed by atoms with E-state index in [0.29, 0.717) is 46.3 Å². The van der Waals surface area contributed by atoms with Crippen molar-refractivity contribution in [1.29, 1.82) is 0 Å². The van der Waals surface area contributed by atoms with Crippen molar-refractivity contribution in [3.63, 3.8) is 0 Å². The number of anilines is 1. The van der Waals surface area contributed by atoms with Gasteiger partial charge >= 0.3 is 0 Å². The van der Waals surface area contributed by atoms with E-state index < -0.39 is 0 Å². The number of aryl methyl sites for hydroxylation is 1. The van der Waals surface area contributed by atoms with Gasteiger partial charge in [-0.1, -0.05) is 31.6 Å². The number of halogens is 1. The number of nitrogens with one attached hydrogen (secondary N) is 2. The average molecular weight is 516 g/mol. The van der Waals surface area contributed by atoms with E-state index >= 15 is 0 Å². The molecule has 3 rings (SSSR count). The molecule has 2 N–H and O–H groups in total. The molecule has 0 spiro atoms. The normalized spacial score (nSPS) is 16.5. The number of benzene rings is 2. The summed E-state index contributed by atoms with van der Waals surface area (Å²) >= 11 is 1.59. The number of hydrogen-bond donors (Lipinski definition) is 2. The summed E-state index contributed by atoms with van der Waals surface area (Å²) in [6.07, 6.45) is 3.65. The molecule has 2 unspecified atom stereocenters. The predicted molar refractivity (Wildman–Crippen MR) is 148 cm³/mol. The van der Waals surface area contributed by atoms with Gasteiger partial charge in [-0.25, -0.2) is 4.39 Å². The van der Waals surface area contributed by atoms with Gasteiger partial charge in [0.1, 0.15) is 11.6 Å². The highest BCUT2D eigenvalue weighted by Gasteiger charge is 2.40. The Morgan fingerprint density at radius 2 is 1.81 bits per heavy atom. The van der Waals surface area contributed by atoms with E-state index in [1.165, 1.54) is 16.5 Å². The fraction of sp³-hybridized carbons (Fsp3) is 0.393. The van der Waals surface area contributed by atoms with Crippen LogP contribution in [0.1, 0.15) is 51.2 Å². The monoisotopic (exact) mass is 515 g/mol. The Balaban J connectivity index is 0.00000222. The van der Waals surface area contributed by atoms with E-state index in [1.54, 1.807) is 39.3 Å². The molecule has 6 nitrogen and oxygen atoms in total. The smallest absolute Gasteiger partial charge is 0.215 e. The molecule has 1 aliphatic carbocycles. The van der Waals surface area contributed by atoms with Crippen LogP contribution in [0.25, 0.3) is 0 Å². The summed E-state index contributed by atoms with van der Waals surface area (Å²) in [5.41, 5.74) is 4.05. The molecule has 2 aromatic rings. The molecule has 0 aromatic heterocycles. The van der Waals surface area contributed by atoms with Gasteiger partial charge in [0.15, 0.2) is 11.5 Å². The highest BCUT2D eigenvalue weighted by molar-refractivity contribution is 7.98. The first-order valence-electron chi connectivity index (χ1n) is 12.0. The van der Waals surface area contributed by atoms with Crippen LogP contribution in [0.4, 0.5) is 10.1 Å². The van der Waals surface area contributed by atoms with Crippen LogP contribution >= 0.6 is 11.9 Å². The van der Waals surface area contributed by atoms with Crippen LogP contribution < -0.4 is 19.5 Å². The SMILES string of the molecule is CC.COc1ccc(C2CC2SN/C(C=C(C)C)=C(\Nc2ccc(C)cc2F)N(C)C=O)cc1OC. The molecule has 0 radical (unpaired) electrons. The molecular weight excluding hydrogens is 477 g/mol. The average Bonchev–Trinajstić information content (AvgIpc) is 3.66. The van der Waals surface area contributed by atoms with Crippen LogP contribution in [-0.2, 0) is 4.79 Å². The number of carbonyl (C=O) groups is 1. The number of ether oxygens (including phenoxy) is 2. The highest BCUT2D eigenvalue weighted by Crippen LogP contribution is 2.50. The van der Waals surface area contributed by atoms with Crippen molar-refractivity contribution in [2.75, 3.05) is 26.6 Å². The standard InChI is InChI=1S/C26H32FN3O3S.C2H6/c1-16(2)11-22(26(30(4)15-31)28-21-9-7-17(3)12-20(21)27)29-34-25-14-19(25)18-8-10-23(32-5)24(13-18)33-6;1-2/h7-13,15,19,25,28-29H,14H2,1-6H3;1-2H3/b26-22+;. The first-order chi connectivity index (χ1) is 17.3. The maximum atomic E-state index is 14.5. The van der Waals surface area contributed by atoms with Gasteiger partial charge in [-0.3, -0.25) is 4.79 Å². The van der Waals surface area contributed by atoms with Gasteiger partial charge < -0.3 is 24.4 Å². The number of rotatable bonds is 11. The maximum absolute atomic E-state index is 14.5. The van der Waals surface area contributed by atoms with Crippen molar-refractivity contribution >= 4 is 24.0 Å². The minimum atomic E-state index is -0.378. The number of nitrogens with zero attached hydrogens (tertiary/aromatic N) is 1. The van der Waals surface area contributed by atoms with E-state index in [4.69, 9.17) is 9.47 Å². The van der Waals surface area contributed by atoms with Gasteiger partial charge in [0.2, 0.25) is 6.41 Å². The van der Waals surface area contributed by atoms with Gasteiger partial charge in [-0.2, -0.15) is 0 Å². The lowest BCUT2D eigenvalue weighted by Gasteiger charge is -2.22. The zero-order chi connectivity index (χ0) is 26.8. The van der Waals surface area contributed by atoms with E-state index in [0.717, 1.165) is 17.6 Å². The summed E-state index contributed by atoms with van der Waals surface area (Å²) in [5.74, 6) is 1.89. The van der Waals surface area contributed by atoms with Crippen molar-refractivity contribution in [3.8, 4) is 11.5 Å². The van der Waals surface area contributed by atoms with E-state index in [2.05, 4.69) is 16.1 Å². The lowest BCUT2D eigenvalue weighted by Crippen LogP contribution is -2.26. The van der Waals surface area contributed by atoms with E-state index in [9.17, 15) is 9.18 Å². The summed E-state index contributed by atoms with van der Waals surface area (Å²) in [6, 6.07) is 11.0. The molecule has 1 amide bonds. The molecule has 1 saturated carbocycles. The molecule has 0 aliphatic heterocycles. The van der Waals surface area contributed by atoms with Crippen molar-refractivity contribution in [2.24, 2.45) is 0 Å². The Labute approximate surface area is 219 Å². The van der Waals surface area contributed by atoms with Crippen LogP contribution in [-0.4, -0.2) is 37.8 Å². The van der Waals surface area contributed by atoms with Crippen LogP contribution in [0.15, 0.2) is 59.6 Å². The summed E-state index contributed by atoms with van der Waals surface area (Å²) in [6.45, 7) is 9.78. The Morgan fingerprint density at radius 1 is 1.11 bits per heavy atom. The number of amides is 1. The van der Waals surface area contributed by atoms with Crippen LogP contribution in [0.2, 0.25) is 0 Å². The number of allylic oxidation sites excluding steroid dienone is 2. The summed E-state index contributed by atoms with van der Waals surface area (Å²) < 4.78 is 28.7. The number of hydrogen-bond acceptors (Lipinski definition) is 6. The third kappa shape index (κ3) is 7.68. The topological polar surface area (TPSA) is 62.8 Å². The maximum Gasteiger partial charge on any atom is 0.215 e. The molecule has 8 heteroatoms. The van der Waals surface area contributed by atoms with Crippen molar-refractivity contribution in [2.45, 2.75) is 52.2 Å². The molecular formula is C28H38FN3O3S. The molecule has 0 heterocycles. The molecule has 0 saturated heterocycles. The molecule has 196 valence electrons. The lowest BCUT2D eigenvalue weighted by atomic mass is 10.1. The second-order valence-corrected chi connectivity index (χ2v) is 9.57. The van der Waals surface area contributed by atoms with Crippen LogP contribution in [0.3, 0.4) is 0 Å². The fourth-order valence-electron chi connectivity index (χ4n) is 3.56. The molecule has 2 atom stereocenters. The van der Waals surface area contributed by atoms with E-state index in [1.807, 2.05) is 58.9 Å². The molecule has 1 fully saturated rings. The molecule has 2 aromatic carbocycles. The quantitative estimate of drug-likeness (QED) is 0.200. The Hall–Kier alpha value is -3.13. The zero-order valence-electron chi connectivity index (χ0n) is 22.4. The minimum absolute atomic E-state index is 0.301. The van der Waals surface area contributed by atoms with Gasteiger partial charge in [0.25, 0.3) is 0 Å². The van der Waals surface area contributed by atoms with E-state index in [-0.39, 0.29) is 5.82 Å². The summed E-state index contributed by atoms with van der Waals surface area (Å²) in [5, 5.41) is 3.44. The van der Waals surface area contributed by atoms with Crippen molar-refractivity contribution in [1.82, 2.24) is 9.62 Å². The Bertz CT molecular complexity index is 1100. The molecule has 0 bridgehead atoms. The van der Waals surface area contributed by atoms with Crippen LogP contribution in [0.5, 0.6) is 11.5 Å². The third-order valence-electron chi connectivity index (χ3n) is 5.46. The van der Waals surface area contributed by atoms with Gasteiger partial charge in [-0.05, 0) is 86.5 Å². The lowest BCUT2D eigenvalue weighted by molar-refractivity contribution is -0.115. The second-order valence-electron chi connectivity index (χ2n) is 8.52. The largest absolute Gasteiger partial charge is 0.493 e. The third-order valence-corrected chi connectivity index (χ3v) is 6.63. The van der Waals surface area contributed by atoms with Crippen LogP contribution in [0, 0.1) is 12.7 Å².